The lowest BCUT2D eigenvalue weighted by molar-refractivity contribution is 0.602. The molecule has 2 N–H and O–H groups in total. The highest BCUT2D eigenvalue weighted by Crippen LogP contribution is 2.15. The number of aliphatic imine (C=N–C) groups is 1. The van der Waals surface area contributed by atoms with E-state index in [0.29, 0.717) is 11.4 Å². The first-order chi connectivity index (χ1) is 12.0. The topological polar surface area (TPSA) is 70.6 Å². The van der Waals surface area contributed by atoms with Gasteiger partial charge in [-0.1, -0.05) is 30.3 Å². The van der Waals surface area contributed by atoms with E-state index in [9.17, 15) is 8.42 Å². The van der Waals surface area contributed by atoms with E-state index >= 15 is 0 Å². The van der Waals surface area contributed by atoms with Crippen LogP contribution in [0, 0.1) is 0 Å². The van der Waals surface area contributed by atoms with Gasteiger partial charge >= 0.3 is 0 Å². The largest absolute Gasteiger partial charge is 0.356 e. The highest BCUT2D eigenvalue weighted by Gasteiger charge is 2.06. The van der Waals surface area contributed by atoms with Crippen LogP contribution in [0.5, 0.6) is 0 Å². The van der Waals surface area contributed by atoms with Gasteiger partial charge in [-0.3, -0.25) is 4.99 Å². The second kappa shape index (κ2) is 11.5. The zero-order chi connectivity index (χ0) is 18.1. The quantitative estimate of drug-likeness (QED) is 0.199. The molecule has 0 fully saturated rings. The molecular weight excluding hydrogens is 481 g/mol. The van der Waals surface area contributed by atoms with Crippen molar-refractivity contribution in [3.05, 3.63) is 60.2 Å². The summed E-state index contributed by atoms with van der Waals surface area (Å²) in [5, 5.41) is 6.49. The molecule has 0 aliphatic carbocycles. The second-order valence-electron chi connectivity index (χ2n) is 5.43. The summed E-state index contributed by atoms with van der Waals surface area (Å²) in [5.41, 5.74) is 0.994. The first kappa shape index (κ1) is 22.8. The summed E-state index contributed by atoms with van der Waals surface area (Å²) in [4.78, 5) is 5.77. The highest BCUT2D eigenvalue weighted by atomic mass is 127. The molecule has 0 saturated carbocycles. The molecule has 0 saturated heterocycles. The van der Waals surface area contributed by atoms with Crippen molar-refractivity contribution >= 4 is 51.5 Å². The fourth-order valence-corrected chi connectivity index (χ4v) is 3.54. The number of thioether (sulfide) groups is 1. The van der Waals surface area contributed by atoms with Crippen LogP contribution in [0.3, 0.4) is 0 Å². The molecule has 2 aromatic rings. The molecule has 0 aliphatic heterocycles. The number of hydrogen-bond acceptors (Lipinski definition) is 4. The molecule has 0 unspecified atom stereocenters. The molecule has 26 heavy (non-hydrogen) atoms. The predicted octanol–water partition coefficient (Wildman–Crippen LogP) is 3.17. The number of sulfone groups is 1. The Kier molecular flexibility index (Phi) is 10.0. The van der Waals surface area contributed by atoms with Gasteiger partial charge < -0.3 is 10.6 Å². The first-order valence-electron chi connectivity index (χ1n) is 7.90. The van der Waals surface area contributed by atoms with Gasteiger partial charge in [0, 0.05) is 37.0 Å². The molecule has 142 valence electrons. The van der Waals surface area contributed by atoms with Crippen LogP contribution in [-0.2, 0) is 16.4 Å². The van der Waals surface area contributed by atoms with Crippen molar-refractivity contribution in [2.75, 3.05) is 25.6 Å². The van der Waals surface area contributed by atoms with Crippen LogP contribution in [-0.4, -0.2) is 40.0 Å². The van der Waals surface area contributed by atoms with E-state index in [0.717, 1.165) is 23.8 Å². The Balaban J connectivity index is 0.00000338. The monoisotopic (exact) mass is 505 g/mol. The molecule has 0 amide bonds. The maximum absolute atomic E-state index is 11.5. The zero-order valence-corrected chi connectivity index (χ0v) is 18.8. The van der Waals surface area contributed by atoms with Gasteiger partial charge in [0.15, 0.2) is 15.8 Å². The van der Waals surface area contributed by atoms with Crippen molar-refractivity contribution in [1.82, 2.24) is 10.6 Å². The molecule has 0 radical (unpaired) electrons. The van der Waals surface area contributed by atoms with Crippen molar-refractivity contribution in [1.29, 1.82) is 0 Å². The van der Waals surface area contributed by atoms with Crippen molar-refractivity contribution in [3.8, 4) is 0 Å². The minimum absolute atomic E-state index is 0. The number of nitrogens with one attached hydrogen (secondary N) is 2. The summed E-state index contributed by atoms with van der Waals surface area (Å²) in [5.74, 6) is 1.66. The van der Waals surface area contributed by atoms with Crippen LogP contribution in [0.1, 0.15) is 5.56 Å². The van der Waals surface area contributed by atoms with Gasteiger partial charge in [-0.15, -0.1) is 35.7 Å². The SMILES string of the molecule is CN=C(NCCSc1ccccc1)NCc1ccc(S(C)(=O)=O)cc1.I. The molecule has 0 aliphatic rings. The molecule has 0 heterocycles. The van der Waals surface area contributed by atoms with E-state index in [1.54, 1.807) is 30.9 Å². The molecular formula is C18H24IN3O2S2. The number of guanidine groups is 1. The first-order valence-corrected chi connectivity index (χ1v) is 10.8. The summed E-state index contributed by atoms with van der Waals surface area (Å²) in [6, 6.07) is 17.1. The van der Waals surface area contributed by atoms with Crippen molar-refractivity contribution in [3.63, 3.8) is 0 Å². The molecule has 5 nitrogen and oxygen atoms in total. The Morgan fingerprint density at radius 2 is 1.69 bits per heavy atom. The Morgan fingerprint density at radius 1 is 1.04 bits per heavy atom. The average Bonchev–Trinajstić information content (AvgIpc) is 2.61. The lowest BCUT2D eigenvalue weighted by Crippen LogP contribution is -2.37. The molecule has 0 bridgehead atoms. The van der Waals surface area contributed by atoms with E-state index in [1.807, 2.05) is 30.3 Å². The van der Waals surface area contributed by atoms with Gasteiger partial charge in [-0.05, 0) is 29.8 Å². The van der Waals surface area contributed by atoms with Gasteiger partial charge in [0.2, 0.25) is 0 Å². The number of halogens is 1. The normalized spacial score (nSPS) is 11.5. The predicted molar refractivity (Wildman–Crippen MR) is 120 cm³/mol. The third-order valence-electron chi connectivity index (χ3n) is 3.44. The highest BCUT2D eigenvalue weighted by molar-refractivity contribution is 14.0. The average molecular weight is 505 g/mol. The van der Waals surface area contributed by atoms with E-state index in [1.165, 1.54) is 11.2 Å². The minimum Gasteiger partial charge on any atom is -0.356 e. The van der Waals surface area contributed by atoms with Crippen molar-refractivity contribution < 1.29 is 8.42 Å². The summed E-state index contributed by atoms with van der Waals surface area (Å²) in [6.07, 6.45) is 1.21. The van der Waals surface area contributed by atoms with Crippen LogP contribution >= 0.6 is 35.7 Å². The number of nitrogens with zero attached hydrogens (tertiary/aromatic N) is 1. The lowest BCUT2D eigenvalue weighted by atomic mass is 10.2. The van der Waals surface area contributed by atoms with E-state index in [-0.39, 0.29) is 24.0 Å². The lowest BCUT2D eigenvalue weighted by Gasteiger charge is -2.12. The number of rotatable bonds is 7. The van der Waals surface area contributed by atoms with E-state index < -0.39 is 9.84 Å². The Hall–Kier alpha value is -1.26. The Labute approximate surface area is 177 Å². The molecule has 0 spiro atoms. The molecule has 2 aromatic carbocycles. The third-order valence-corrected chi connectivity index (χ3v) is 5.58. The summed E-state index contributed by atoms with van der Waals surface area (Å²) in [6.45, 7) is 1.38. The van der Waals surface area contributed by atoms with E-state index in [4.69, 9.17) is 0 Å². The molecule has 8 heteroatoms. The summed E-state index contributed by atoms with van der Waals surface area (Å²) < 4.78 is 22.9. The zero-order valence-electron chi connectivity index (χ0n) is 14.8. The minimum atomic E-state index is -3.15. The molecule has 2 rings (SSSR count). The third kappa shape index (κ3) is 7.96. The standard InChI is InChI=1S/C18H23N3O2S2.HI/c1-19-18(20-12-13-24-16-6-4-3-5-7-16)21-14-15-8-10-17(11-9-15)25(2,22)23;/h3-11H,12-14H2,1-2H3,(H2,19,20,21);1H. The molecule has 0 atom stereocenters. The second-order valence-corrected chi connectivity index (χ2v) is 8.61. The van der Waals surface area contributed by atoms with Gasteiger partial charge in [0.25, 0.3) is 0 Å². The Morgan fingerprint density at radius 3 is 2.27 bits per heavy atom. The smallest absolute Gasteiger partial charge is 0.191 e. The van der Waals surface area contributed by atoms with E-state index in [2.05, 4.69) is 27.8 Å². The van der Waals surface area contributed by atoms with Crippen molar-refractivity contribution in [2.45, 2.75) is 16.3 Å². The maximum atomic E-state index is 11.5. The summed E-state index contributed by atoms with van der Waals surface area (Å²) in [7, 11) is -1.42. The van der Waals surface area contributed by atoms with Crippen LogP contribution in [0.4, 0.5) is 0 Å². The van der Waals surface area contributed by atoms with Crippen molar-refractivity contribution in [2.24, 2.45) is 4.99 Å². The van der Waals surface area contributed by atoms with Crippen LogP contribution in [0.2, 0.25) is 0 Å². The van der Waals surface area contributed by atoms with Crippen LogP contribution < -0.4 is 10.6 Å². The van der Waals surface area contributed by atoms with Gasteiger partial charge in [0.1, 0.15) is 0 Å². The van der Waals surface area contributed by atoms with Crippen LogP contribution in [0.25, 0.3) is 0 Å². The van der Waals surface area contributed by atoms with Gasteiger partial charge in [0.05, 0.1) is 4.90 Å². The fraction of sp³-hybridized carbons (Fsp3) is 0.278. The summed E-state index contributed by atoms with van der Waals surface area (Å²) >= 11 is 1.79. The Bertz CT molecular complexity index is 795. The fourth-order valence-electron chi connectivity index (χ4n) is 2.12. The maximum Gasteiger partial charge on any atom is 0.191 e. The van der Waals surface area contributed by atoms with Gasteiger partial charge in [-0.25, -0.2) is 8.42 Å². The van der Waals surface area contributed by atoms with Crippen LogP contribution in [0.15, 0.2) is 69.4 Å². The van der Waals surface area contributed by atoms with Gasteiger partial charge in [-0.2, -0.15) is 0 Å². The molecule has 0 aromatic heterocycles. The number of hydrogen-bond donors (Lipinski definition) is 2. The number of benzene rings is 2.